The fraction of sp³-hybridized carbons (Fsp3) is 0.0196. The van der Waals surface area contributed by atoms with Gasteiger partial charge in [-0.05, 0) is 104 Å². The molecule has 2 heteroatoms. The van der Waals surface area contributed by atoms with Gasteiger partial charge in [0, 0.05) is 33.4 Å². The lowest BCUT2D eigenvalue weighted by Gasteiger charge is -2.26. The monoisotopic (exact) mass is 677 g/mol. The van der Waals surface area contributed by atoms with Crippen LogP contribution in [0.15, 0.2) is 199 Å². The largest absolute Gasteiger partial charge is 0.455 e. The number of aryl methyl sites for hydroxylation is 1. The standard InChI is InChI=1S/C51H35NO/c1-34-9-6-17-48-49-18-8-16-47(51(49)53-50(34)48)39-25-31-44(32-26-39)52(42-27-21-36(22-28-42)41-20-19-35-10-2-3-12-40(35)33-41)43-29-23-38(24-30-43)46-15-7-13-37-11-4-5-14-45(37)46/h2-33H,1H3. The fourth-order valence-electron chi connectivity index (χ4n) is 7.86. The van der Waals surface area contributed by atoms with Crippen LogP contribution >= 0.6 is 0 Å². The van der Waals surface area contributed by atoms with Crippen LogP contribution < -0.4 is 4.90 Å². The average Bonchev–Trinajstić information content (AvgIpc) is 3.62. The van der Waals surface area contributed by atoms with Crippen molar-refractivity contribution in [3.8, 4) is 33.4 Å². The Balaban J connectivity index is 1.05. The highest BCUT2D eigenvalue weighted by Crippen LogP contribution is 2.41. The van der Waals surface area contributed by atoms with Crippen molar-refractivity contribution in [3.63, 3.8) is 0 Å². The highest BCUT2D eigenvalue weighted by atomic mass is 16.3. The maximum Gasteiger partial charge on any atom is 0.143 e. The van der Waals surface area contributed by atoms with Crippen molar-refractivity contribution < 1.29 is 4.42 Å². The summed E-state index contributed by atoms with van der Waals surface area (Å²) in [6.45, 7) is 2.11. The highest BCUT2D eigenvalue weighted by Gasteiger charge is 2.17. The highest BCUT2D eigenvalue weighted by molar-refractivity contribution is 6.10. The molecular formula is C51H35NO. The number of furan rings is 1. The summed E-state index contributed by atoms with van der Waals surface area (Å²) in [5.41, 5.74) is 13.3. The second-order valence-corrected chi connectivity index (χ2v) is 13.8. The Morgan fingerprint density at radius 2 is 0.830 bits per heavy atom. The first-order valence-electron chi connectivity index (χ1n) is 18.2. The number of nitrogens with zero attached hydrogens (tertiary/aromatic N) is 1. The molecule has 10 aromatic rings. The molecule has 2 nitrogen and oxygen atoms in total. The lowest BCUT2D eigenvalue weighted by Crippen LogP contribution is -2.09. The molecule has 0 aliphatic rings. The molecule has 1 aromatic heterocycles. The smallest absolute Gasteiger partial charge is 0.143 e. The summed E-state index contributed by atoms with van der Waals surface area (Å²) < 4.78 is 6.52. The van der Waals surface area contributed by atoms with E-state index in [1.165, 1.54) is 43.8 Å². The SMILES string of the molecule is Cc1cccc2c1oc1c(-c3ccc(N(c4ccc(-c5ccc6ccccc6c5)cc4)c4ccc(-c5cccc6ccccc56)cc4)cc3)cccc12. The van der Waals surface area contributed by atoms with Crippen LogP contribution in [0.2, 0.25) is 0 Å². The van der Waals surface area contributed by atoms with Crippen LogP contribution in [0.25, 0.3) is 76.9 Å². The molecule has 0 fully saturated rings. The minimum atomic E-state index is 0.926. The molecule has 0 atom stereocenters. The van der Waals surface area contributed by atoms with Crippen molar-refractivity contribution in [1.29, 1.82) is 0 Å². The van der Waals surface area contributed by atoms with Crippen molar-refractivity contribution in [2.45, 2.75) is 6.92 Å². The number of fused-ring (bicyclic) bond motifs is 5. The van der Waals surface area contributed by atoms with Crippen molar-refractivity contribution in [2.24, 2.45) is 0 Å². The van der Waals surface area contributed by atoms with Gasteiger partial charge >= 0.3 is 0 Å². The minimum Gasteiger partial charge on any atom is -0.455 e. The van der Waals surface area contributed by atoms with Crippen molar-refractivity contribution in [1.82, 2.24) is 0 Å². The fourth-order valence-corrected chi connectivity index (χ4v) is 7.86. The van der Waals surface area contributed by atoms with E-state index >= 15 is 0 Å². The Bertz CT molecular complexity index is 2930. The van der Waals surface area contributed by atoms with Gasteiger partial charge in [0.05, 0.1) is 0 Å². The quantitative estimate of drug-likeness (QED) is 0.174. The second-order valence-electron chi connectivity index (χ2n) is 13.8. The number of para-hydroxylation sites is 2. The number of hydrogen-bond acceptors (Lipinski definition) is 2. The summed E-state index contributed by atoms with van der Waals surface area (Å²) >= 11 is 0. The summed E-state index contributed by atoms with van der Waals surface area (Å²) in [5.74, 6) is 0. The summed E-state index contributed by atoms with van der Waals surface area (Å²) in [6.07, 6.45) is 0. The van der Waals surface area contributed by atoms with E-state index in [9.17, 15) is 0 Å². The van der Waals surface area contributed by atoms with Gasteiger partial charge < -0.3 is 9.32 Å². The van der Waals surface area contributed by atoms with Gasteiger partial charge in [-0.15, -0.1) is 0 Å². The first kappa shape index (κ1) is 30.9. The molecule has 1 heterocycles. The van der Waals surface area contributed by atoms with Crippen molar-refractivity contribution >= 4 is 60.5 Å². The van der Waals surface area contributed by atoms with Crippen LogP contribution in [-0.4, -0.2) is 0 Å². The molecule has 0 spiro atoms. The number of hydrogen-bond donors (Lipinski definition) is 0. The molecule has 0 aliphatic carbocycles. The second kappa shape index (κ2) is 12.7. The number of rotatable bonds is 6. The predicted octanol–water partition coefficient (Wildman–Crippen LogP) is 14.7. The predicted molar refractivity (Wildman–Crippen MR) is 224 cm³/mol. The minimum absolute atomic E-state index is 0.926. The van der Waals surface area contributed by atoms with E-state index in [1.54, 1.807) is 0 Å². The molecule has 0 amide bonds. The van der Waals surface area contributed by atoms with Crippen LogP contribution in [0.4, 0.5) is 17.1 Å². The maximum atomic E-state index is 6.52. The third kappa shape index (κ3) is 5.44. The van der Waals surface area contributed by atoms with Crippen LogP contribution in [0.1, 0.15) is 5.56 Å². The van der Waals surface area contributed by atoms with Gasteiger partial charge in [-0.1, -0.05) is 152 Å². The van der Waals surface area contributed by atoms with Gasteiger partial charge in [0.25, 0.3) is 0 Å². The molecule has 250 valence electrons. The first-order chi connectivity index (χ1) is 26.2. The zero-order valence-corrected chi connectivity index (χ0v) is 29.3. The summed E-state index contributed by atoms with van der Waals surface area (Å²) in [4.78, 5) is 2.34. The van der Waals surface area contributed by atoms with E-state index in [1.807, 2.05) is 0 Å². The summed E-state index contributed by atoms with van der Waals surface area (Å²) in [7, 11) is 0. The third-order valence-electron chi connectivity index (χ3n) is 10.6. The number of benzene rings is 9. The summed E-state index contributed by atoms with van der Waals surface area (Å²) in [6, 6.07) is 69.9. The van der Waals surface area contributed by atoms with Crippen LogP contribution in [0.5, 0.6) is 0 Å². The Labute approximate surface area is 308 Å². The molecule has 0 radical (unpaired) electrons. The van der Waals surface area contributed by atoms with Crippen LogP contribution in [0, 0.1) is 6.92 Å². The van der Waals surface area contributed by atoms with E-state index in [2.05, 4.69) is 206 Å². The zero-order chi connectivity index (χ0) is 35.3. The molecule has 0 N–H and O–H groups in total. The maximum absolute atomic E-state index is 6.52. The Kier molecular flexibility index (Phi) is 7.40. The lowest BCUT2D eigenvalue weighted by atomic mass is 9.98. The van der Waals surface area contributed by atoms with Gasteiger partial charge in [-0.3, -0.25) is 0 Å². The summed E-state index contributed by atoms with van der Waals surface area (Å²) in [5, 5.41) is 7.30. The molecule has 0 aliphatic heterocycles. The molecule has 53 heavy (non-hydrogen) atoms. The van der Waals surface area contributed by atoms with Crippen molar-refractivity contribution in [3.05, 3.63) is 200 Å². The van der Waals surface area contributed by atoms with Crippen molar-refractivity contribution in [2.75, 3.05) is 4.90 Å². The normalized spacial score (nSPS) is 11.5. The molecule has 0 saturated heterocycles. The molecule has 9 aromatic carbocycles. The molecule has 0 unspecified atom stereocenters. The Hall–Kier alpha value is -6.90. The zero-order valence-electron chi connectivity index (χ0n) is 29.3. The van der Waals surface area contributed by atoms with Gasteiger partial charge in [0.2, 0.25) is 0 Å². The topological polar surface area (TPSA) is 16.4 Å². The van der Waals surface area contributed by atoms with Gasteiger partial charge in [0.1, 0.15) is 11.2 Å². The van der Waals surface area contributed by atoms with E-state index in [0.29, 0.717) is 0 Å². The van der Waals surface area contributed by atoms with E-state index in [0.717, 1.165) is 55.7 Å². The van der Waals surface area contributed by atoms with Gasteiger partial charge in [0.15, 0.2) is 0 Å². The van der Waals surface area contributed by atoms with E-state index < -0.39 is 0 Å². The lowest BCUT2D eigenvalue weighted by molar-refractivity contribution is 0.667. The van der Waals surface area contributed by atoms with Gasteiger partial charge in [-0.2, -0.15) is 0 Å². The third-order valence-corrected chi connectivity index (χ3v) is 10.6. The molecule has 0 saturated carbocycles. The van der Waals surface area contributed by atoms with E-state index in [-0.39, 0.29) is 0 Å². The Morgan fingerprint density at radius 1 is 0.340 bits per heavy atom. The van der Waals surface area contributed by atoms with E-state index in [4.69, 9.17) is 4.42 Å². The Morgan fingerprint density at radius 3 is 1.55 bits per heavy atom. The van der Waals surface area contributed by atoms with Gasteiger partial charge in [-0.25, -0.2) is 0 Å². The molecule has 0 bridgehead atoms. The van der Waals surface area contributed by atoms with Crippen LogP contribution in [-0.2, 0) is 0 Å². The molecular weight excluding hydrogens is 643 g/mol. The molecule has 10 rings (SSSR count). The first-order valence-corrected chi connectivity index (χ1v) is 18.2. The number of anilines is 3. The van der Waals surface area contributed by atoms with Crippen LogP contribution in [0.3, 0.4) is 0 Å². The average molecular weight is 678 g/mol.